The van der Waals surface area contributed by atoms with Crippen LogP contribution in [0.5, 0.6) is 0 Å². The highest BCUT2D eigenvalue weighted by molar-refractivity contribution is 9.10. The number of amides is 1. The van der Waals surface area contributed by atoms with Crippen molar-refractivity contribution in [2.75, 3.05) is 24.5 Å². The zero-order valence-corrected chi connectivity index (χ0v) is 18.8. The summed E-state index contributed by atoms with van der Waals surface area (Å²) in [6.45, 7) is 3.50. The summed E-state index contributed by atoms with van der Waals surface area (Å²) in [6, 6.07) is 3.44. The molecule has 0 saturated carbocycles. The van der Waals surface area contributed by atoms with E-state index in [1.54, 1.807) is 24.0 Å². The molecule has 11 heteroatoms. The third-order valence-electron chi connectivity index (χ3n) is 5.27. The Morgan fingerprint density at radius 2 is 2.13 bits per heavy atom. The highest BCUT2D eigenvalue weighted by Crippen LogP contribution is 2.31. The van der Waals surface area contributed by atoms with Crippen molar-refractivity contribution in [2.45, 2.75) is 19.5 Å². The van der Waals surface area contributed by atoms with Gasteiger partial charge in [-0.2, -0.15) is 5.10 Å². The molecule has 0 radical (unpaired) electrons. The largest absolute Gasteiger partial charge is 0.465 e. The molecule has 1 atom stereocenters. The molecule has 1 aromatic carbocycles. The number of anilines is 1. The summed E-state index contributed by atoms with van der Waals surface area (Å²) in [6.07, 6.45) is 2.58. The van der Waals surface area contributed by atoms with Crippen LogP contribution >= 0.6 is 27.5 Å². The van der Waals surface area contributed by atoms with Gasteiger partial charge in [-0.1, -0.05) is 15.9 Å². The number of rotatable bonds is 3. The van der Waals surface area contributed by atoms with Gasteiger partial charge in [0.15, 0.2) is 0 Å². The summed E-state index contributed by atoms with van der Waals surface area (Å²) in [5.74, 6) is 0. The number of hydrogen-bond donors (Lipinski definition) is 1. The molecule has 4 rings (SSSR count). The zero-order chi connectivity index (χ0) is 21.6. The first-order chi connectivity index (χ1) is 14.2. The molecule has 2 aromatic heterocycles. The molecule has 0 aliphatic carbocycles. The van der Waals surface area contributed by atoms with E-state index in [1.807, 2.05) is 24.1 Å². The second-order valence-electron chi connectivity index (χ2n) is 7.39. The van der Waals surface area contributed by atoms with Gasteiger partial charge in [0.1, 0.15) is 5.52 Å². The average molecular weight is 496 g/mol. The summed E-state index contributed by atoms with van der Waals surface area (Å²) >= 11 is 9.91. The molecule has 1 amide bonds. The molecule has 9 nitrogen and oxygen atoms in total. The Labute approximate surface area is 185 Å². The van der Waals surface area contributed by atoms with E-state index in [1.165, 1.54) is 9.47 Å². The Morgan fingerprint density at radius 3 is 2.77 bits per heavy atom. The van der Waals surface area contributed by atoms with Crippen LogP contribution in [0, 0.1) is 0 Å². The van der Waals surface area contributed by atoms with Crippen molar-refractivity contribution < 1.29 is 9.90 Å². The van der Waals surface area contributed by atoms with Crippen molar-refractivity contribution in [2.24, 2.45) is 7.05 Å². The van der Waals surface area contributed by atoms with Gasteiger partial charge in [0, 0.05) is 49.0 Å². The maximum absolute atomic E-state index is 13.2. The maximum Gasteiger partial charge on any atom is 0.407 e. The Balaban J connectivity index is 1.77. The molecule has 1 saturated heterocycles. The predicted octanol–water partition coefficient (Wildman–Crippen LogP) is 2.78. The molecule has 0 unspecified atom stereocenters. The fraction of sp³-hybridized carbons (Fsp3) is 0.368. The minimum absolute atomic E-state index is 0.0946. The molecule has 1 aliphatic heterocycles. The van der Waals surface area contributed by atoms with Crippen LogP contribution in [0.25, 0.3) is 10.9 Å². The van der Waals surface area contributed by atoms with Crippen molar-refractivity contribution >= 4 is 50.2 Å². The van der Waals surface area contributed by atoms with Gasteiger partial charge >= 0.3 is 6.09 Å². The van der Waals surface area contributed by atoms with Crippen LogP contribution in [0.2, 0.25) is 5.28 Å². The van der Waals surface area contributed by atoms with Crippen molar-refractivity contribution in [1.29, 1.82) is 0 Å². The Hall–Kier alpha value is -2.59. The molecule has 1 aliphatic rings. The fourth-order valence-corrected chi connectivity index (χ4v) is 4.49. The standard InChI is InChI=1S/C19H20BrClN6O3/c1-11-8-25(3-4-26(11)19(29)30)15-6-13(20)5-14-16(15)23-18(21)27(17(14)28)10-12-7-22-24(2)9-12/h5-7,9,11H,3-4,8,10H2,1-2H3,(H,29,30)/t11-/m1/s1. The lowest BCUT2D eigenvalue weighted by molar-refractivity contribution is 0.123. The summed E-state index contributed by atoms with van der Waals surface area (Å²) < 4.78 is 3.82. The predicted molar refractivity (Wildman–Crippen MR) is 117 cm³/mol. The first-order valence-corrected chi connectivity index (χ1v) is 10.5. The van der Waals surface area contributed by atoms with Crippen molar-refractivity contribution in [3.8, 4) is 0 Å². The number of aryl methyl sites for hydroxylation is 1. The minimum Gasteiger partial charge on any atom is -0.465 e. The number of piperazine rings is 1. The molecular weight excluding hydrogens is 476 g/mol. The highest BCUT2D eigenvalue weighted by atomic mass is 79.9. The van der Waals surface area contributed by atoms with Gasteiger partial charge < -0.3 is 14.9 Å². The highest BCUT2D eigenvalue weighted by Gasteiger charge is 2.29. The second kappa shape index (κ2) is 7.92. The first kappa shape index (κ1) is 20.7. The summed E-state index contributed by atoms with van der Waals surface area (Å²) in [5.41, 5.74) is 1.86. The van der Waals surface area contributed by atoms with Gasteiger partial charge in [-0.15, -0.1) is 0 Å². The lowest BCUT2D eigenvalue weighted by atomic mass is 10.1. The molecule has 0 spiro atoms. The fourth-order valence-electron chi connectivity index (χ4n) is 3.82. The van der Waals surface area contributed by atoms with Crippen LogP contribution in [-0.2, 0) is 13.6 Å². The normalized spacial score (nSPS) is 17.0. The zero-order valence-electron chi connectivity index (χ0n) is 16.4. The third-order valence-corrected chi connectivity index (χ3v) is 6.02. The Bertz CT molecular complexity index is 1190. The van der Waals surface area contributed by atoms with Gasteiger partial charge in [-0.05, 0) is 30.7 Å². The molecule has 30 heavy (non-hydrogen) atoms. The second-order valence-corrected chi connectivity index (χ2v) is 8.64. The molecule has 0 bridgehead atoms. The number of carbonyl (C=O) groups is 1. The number of fused-ring (bicyclic) bond motifs is 1. The van der Waals surface area contributed by atoms with E-state index in [4.69, 9.17) is 11.6 Å². The lowest BCUT2D eigenvalue weighted by Crippen LogP contribution is -2.53. The first-order valence-electron chi connectivity index (χ1n) is 9.36. The number of benzene rings is 1. The van der Waals surface area contributed by atoms with Crippen LogP contribution in [-0.4, -0.2) is 61.1 Å². The number of halogens is 2. The van der Waals surface area contributed by atoms with Crippen molar-refractivity contribution in [1.82, 2.24) is 24.2 Å². The van der Waals surface area contributed by atoms with E-state index in [0.29, 0.717) is 30.5 Å². The smallest absolute Gasteiger partial charge is 0.407 e. The number of aromatic nitrogens is 4. The number of carboxylic acid groups (broad SMARTS) is 1. The molecule has 158 valence electrons. The van der Waals surface area contributed by atoms with Crippen LogP contribution in [0.15, 0.2) is 33.8 Å². The lowest BCUT2D eigenvalue weighted by Gasteiger charge is -2.39. The molecule has 1 N–H and O–H groups in total. The molecule has 1 fully saturated rings. The van der Waals surface area contributed by atoms with E-state index < -0.39 is 6.09 Å². The van der Waals surface area contributed by atoms with E-state index in [-0.39, 0.29) is 23.4 Å². The Morgan fingerprint density at radius 1 is 1.37 bits per heavy atom. The summed E-state index contributed by atoms with van der Waals surface area (Å²) in [5, 5.41) is 14.0. The number of nitrogens with zero attached hydrogens (tertiary/aromatic N) is 6. The quantitative estimate of drug-likeness (QED) is 0.561. The van der Waals surface area contributed by atoms with Gasteiger partial charge in [-0.3, -0.25) is 14.0 Å². The summed E-state index contributed by atoms with van der Waals surface area (Å²) in [7, 11) is 1.81. The van der Waals surface area contributed by atoms with Gasteiger partial charge in [-0.25, -0.2) is 9.78 Å². The van der Waals surface area contributed by atoms with Crippen LogP contribution in [0.4, 0.5) is 10.5 Å². The minimum atomic E-state index is -0.930. The molecule has 3 aromatic rings. The van der Waals surface area contributed by atoms with Crippen LogP contribution in [0.3, 0.4) is 0 Å². The van der Waals surface area contributed by atoms with Gasteiger partial charge in [0.05, 0.1) is 23.8 Å². The van der Waals surface area contributed by atoms with E-state index in [9.17, 15) is 14.7 Å². The van der Waals surface area contributed by atoms with E-state index in [0.717, 1.165) is 15.7 Å². The van der Waals surface area contributed by atoms with Crippen LogP contribution < -0.4 is 10.5 Å². The topological polar surface area (TPSA) is 96.5 Å². The average Bonchev–Trinajstić information content (AvgIpc) is 3.10. The van der Waals surface area contributed by atoms with Crippen LogP contribution in [0.1, 0.15) is 12.5 Å². The van der Waals surface area contributed by atoms with Crippen molar-refractivity contribution in [3.63, 3.8) is 0 Å². The van der Waals surface area contributed by atoms with Crippen molar-refractivity contribution in [3.05, 3.63) is 50.2 Å². The maximum atomic E-state index is 13.2. The summed E-state index contributed by atoms with van der Waals surface area (Å²) in [4.78, 5) is 32.6. The number of hydrogen-bond acceptors (Lipinski definition) is 5. The monoisotopic (exact) mass is 494 g/mol. The SMILES string of the molecule is C[C@@H]1CN(c2cc(Br)cc3c(=O)n(Cc4cnn(C)c4)c(Cl)nc23)CCN1C(=O)O. The van der Waals surface area contributed by atoms with Gasteiger partial charge in [0.2, 0.25) is 5.28 Å². The molecule has 3 heterocycles. The Kier molecular flexibility index (Phi) is 5.46. The third kappa shape index (κ3) is 3.77. The van der Waals surface area contributed by atoms with E-state index >= 15 is 0 Å². The van der Waals surface area contributed by atoms with Gasteiger partial charge in [0.25, 0.3) is 5.56 Å². The molecular formula is C19H20BrClN6O3. The van der Waals surface area contributed by atoms with E-state index in [2.05, 4.69) is 26.0 Å².